The van der Waals surface area contributed by atoms with Crippen molar-refractivity contribution in [2.45, 2.75) is 52.0 Å². The molecule has 0 unspecified atom stereocenters. The van der Waals surface area contributed by atoms with Crippen LogP contribution in [0.3, 0.4) is 0 Å². The molecule has 0 spiro atoms. The molecular weight excluding hydrogens is 296 g/mol. The van der Waals surface area contributed by atoms with Crippen molar-refractivity contribution in [3.05, 3.63) is 18.0 Å². The Balaban J connectivity index is 2.31. The first-order valence-corrected chi connectivity index (χ1v) is 7.96. The molecule has 124 valence electrons. The van der Waals surface area contributed by atoms with Gasteiger partial charge < -0.3 is 19.1 Å². The van der Waals surface area contributed by atoms with Crippen molar-refractivity contribution in [1.29, 1.82) is 0 Å². The number of carbonyl (C=O) groups is 1. The summed E-state index contributed by atoms with van der Waals surface area (Å²) < 4.78 is 12.7. The number of imidazole rings is 1. The van der Waals surface area contributed by atoms with Gasteiger partial charge in [0.05, 0.1) is 11.0 Å². The van der Waals surface area contributed by atoms with Gasteiger partial charge in [-0.25, -0.2) is 9.78 Å². The number of rotatable bonds is 5. The second-order valence-corrected chi connectivity index (χ2v) is 6.38. The molecule has 6 nitrogen and oxygen atoms in total. The topological polar surface area (TPSA) is 73.6 Å². The van der Waals surface area contributed by atoms with Crippen LogP contribution in [0.5, 0.6) is 11.5 Å². The molecule has 1 aromatic carbocycles. The highest BCUT2D eigenvalue weighted by molar-refractivity contribution is 5.85. The lowest BCUT2D eigenvalue weighted by atomic mass is 9.99. The van der Waals surface area contributed by atoms with Gasteiger partial charge in [-0.2, -0.15) is 0 Å². The lowest BCUT2D eigenvalue weighted by Crippen LogP contribution is -2.37. The SMILES string of the molecule is CCC(CC)c1nc2cc3c(cc2n1C(C)(C)C(=O)O)OCO3. The first-order valence-electron chi connectivity index (χ1n) is 7.96. The number of carboxylic acid groups (broad SMARTS) is 1. The van der Waals surface area contributed by atoms with Crippen molar-refractivity contribution < 1.29 is 19.4 Å². The van der Waals surface area contributed by atoms with Crippen LogP contribution in [0.4, 0.5) is 0 Å². The first kappa shape index (κ1) is 15.6. The first-order chi connectivity index (χ1) is 10.9. The smallest absolute Gasteiger partial charge is 0.329 e. The molecule has 1 aromatic heterocycles. The highest BCUT2D eigenvalue weighted by Gasteiger charge is 2.35. The zero-order valence-corrected chi connectivity index (χ0v) is 13.9. The summed E-state index contributed by atoms with van der Waals surface area (Å²) in [5.41, 5.74) is 0.412. The fraction of sp³-hybridized carbons (Fsp3) is 0.529. The van der Waals surface area contributed by atoms with E-state index in [2.05, 4.69) is 13.8 Å². The van der Waals surface area contributed by atoms with Crippen molar-refractivity contribution in [3.8, 4) is 11.5 Å². The lowest BCUT2D eigenvalue weighted by Gasteiger charge is -2.27. The number of nitrogens with zero attached hydrogens (tertiary/aromatic N) is 2. The molecule has 0 radical (unpaired) electrons. The summed E-state index contributed by atoms with van der Waals surface area (Å²) in [6, 6.07) is 3.67. The third-order valence-corrected chi connectivity index (χ3v) is 4.61. The van der Waals surface area contributed by atoms with Gasteiger partial charge in [-0.1, -0.05) is 13.8 Å². The fourth-order valence-corrected chi connectivity index (χ4v) is 3.10. The van der Waals surface area contributed by atoms with Gasteiger partial charge in [-0.05, 0) is 26.7 Å². The van der Waals surface area contributed by atoms with E-state index in [0.717, 1.165) is 29.7 Å². The third-order valence-electron chi connectivity index (χ3n) is 4.61. The summed E-state index contributed by atoms with van der Waals surface area (Å²) in [5, 5.41) is 9.71. The van der Waals surface area contributed by atoms with Gasteiger partial charge in [0.15, 0.2) is 11.5 Å². The molecular formula is C17H22N2O4. The summed E-state index contributed by atoms with van der Waals surface area (Å²) in [7, 11) is 0. The quantitative estimate of drug-likeness (QED) is 0.913. The highest BCUT2D eigenvalue weighted by atomic mass is 16.7. The summed E-state index contributed by atoms with van der Waals surface area (Å²) in [6.07, 6.45) is 1.81. The molecule has 1 aliphatic heterocycles. The van der Waals surface area contributed by atoms with Crippen molar-refractivity contribution in [2.24, 2.45) is 0 Å². The molecule has 6 heteroatoms. The van der Waals surface area contributed by atoms with Crippen molar-refractivity contribution in [1.82, 2.24) is 9.55 Å². The van der Waals surface area contributed by atoms with Crippen LogP contribution in [0.2, 0.25) is 0 Å². The largest absolute Gasteiger partial charge is 0.480 e. The molecule has 0 saturated carbocycles. The van der Waals surface area contributed by atoms with Crippen molar-refractivity contribution in [3.63, 3.8) is 0 Å². The predicted molar refractivity (Wildman–Crippen MR) is 86.1 cm³/mol. The van der Waals surface area contributed by atoms with E-state index >= 15 is 0 Å². The van der Waals surface area contributed by atoms with Crippen LogP contribution in [0.25, 0.3) is 11.0 Å². The number of aliphatic carboxylic acids is 1. The van der Waals surface area contributed by atoms with Crippen molar-refractivity contribution >= 4 is 17.0 Å². The molecule has 0 fully saturated rings. The molecule has 3 rings (SSSR count). The number of fused-ring (bicyclic) bond motifs is 2. The number of hydrogen-bond donors (Lipinski definition) is 1. The van der Waals surface area contributed by atoms with E-state index in [4.69, 9.17) is 14.5 Å². The maximum absolute atomic E-state index is 11.8. The minimum atomic E-state index is -1.10. The average molecular weight is 318 g/mol. The number of benzene rings is 1. The molecule has 0 bridgehead atoms. The standard InChI is InChI=1S/C17H22N2O4/c1-5-10(6-2)15-18-11-7-13-14(23-9-22-13)8-12(11)19(15)17(3,4)16(20)21/h7-8,10H,5-6,9H2,1-4H3,(H,20,21). The van der Waals surface area contributed by atoms with Gasteiger partial charge >= 0.3 is 5.97 Å². The second kappa shape index (κ2) is 5.44. The Hall–Kier alpha value is -2.24. The Morgan fingerprint density at radius 2 is 1.91 bits per heavy atom. The van der Waals surface area contributed by atoms with E-state index in [0.29, 0.717) is 11.5 Å². The van der Waals surface area contributed by atoms with Crippen LogP contribution in [0.1, 0.15) is 52.3 Å². The fourth-order valence-electron chi connectivity index (χ4n) is 3.10. The van der Waals surface area contributed by atoms with Crippen LogP contribution < -0.4 is 9.47 Å². The molecule has 0 aliphatic carbocycles. The molecule has 2 aromatic rings. The van der Waals surface area contributed by atoms with Gasteiger partial charge in [-0.3, -0.25) is 0 Å². The minimum absolute atomic E-state index is 0.184. The van der Waals surface area contributed by atoms with Crippen LogP contribution in [-0.2, 0) is 10.3 Å². The number of aromatic nitrogens is 2. The molecule has 23 heavy (non-hydrogen) atoms. The van der Waals surface area contributed by atoms with Crippen LogP contribution in [0, 0.1) is 0 Å². The van der Waals surface area contributed by atoms with Gasteiger partial charge in [0.1, 0.15) is 11.4 Å². The number of ether oxygens (including phenoxy) is 2. The second-order valence-electron chi connectivity index (χ2n) is 6.38. The van der Waals surface area contributed by atoms with Gasteiger partial charge in [0, 0.05) is 18.1 Å². The van der Waals surface area contributed by atoms with E-state index in [-0.39, 0.29) is 12.7 Å². The Kier molecular flexibility index (Phi) is 3.70. The Labute approximate surface area is 135 Å². The van der Waals surface area contributed by atoms with Crippen LogP contribution in [-0.4, -0.2) is 27.4 Å². The van der Waals surface area contributed by atoms with Gasteiger partial charge in [-0.15, -0.1) is 0 Å². The van der Waals surface area contributed by atoms with E-state index in [1.165, 1.54) is 0 Å². The van der Waals surface area contributed by atoms with E-state index in [9.17, 15) is 9.90 Å². The summed E-state index contributed by atoms with van der Waals surface area (Å²) >= 11 is 0. The maximum atomic E-state index is 11.8. The molecule has 0 amide bonds. The minimum Gasteiger partial charge on any atom is -0.480 e. The average Bonchev–Trinajstić information content (AvgIpc) is 3.09. The third kappa shape index (κ3) is 2.33. The Bertz CT molecular complexity index is 760. The monoisotopic (exact) mass is 318 g/mol. The maximum Gasteiger partial charge on any atom is 0.329 e. The van der Waals surface area contributed by atoms with Gasteiger partial charge in [0.2, 0.25) is 6.79 Å². The lowest BCUT2D eigenvalue weighted by molar-refractivity contribution is -0.145. The highest BCUT2D eigenvalue weighted by Crippen LogP contribution is 2.39. The van der Waals surface area contributed by atoms with E-state index < -0.39 is 11.5 Å². The normalized spacial score (nSPS) is 14.0. The van der Waals surface area contributed by atoms with E-state index in [1.54, 1.807) is 13.8 Å². The summed E-state index contributed by atoms with van der Waals surface area (Å²) in [6.45, 7) is 7.78. The molecule has 0 atom stereocenters. The van der Waals surface area contributed by atoms with Crippen LogP contribution in [0.15, 0.2) is 12.1 Å². The summed E-state index contributed by atoms with van der Waals surface area (Å²) in [4.78, 5) is 16.6. The van der Waals surface area contributed by atoms with Crippen LogP contribution >= 0.6 is 0 Å². The molecule has 2 heterocycles. The molecule has 1 N–H and O–H groups in total. The summed E-state index contributed by atoms with van der Waals surface area (Å²) in [5.74, 6) is 1.42. The number of carboxylic acids is 1. The number of hydrogen-bond acceptors (Lipinski definition) is 4. The Morgan fingerprint density at radius 3 is 2.48 bits per heavy atom. The zero-order valence-electron chi connectivity index (χ0n) is 13.9. The Morgan fingerprint density at radius 1 is 1.30 bits per heavy atom. The van der Waals surface area contributed by atoms with E-state index in [1.807, 2.05) is 16.7 Å². The van der Waals surface area contributed by atoms with Crippen molar-refractivity contribution in [2.75, 3.05) is 6.79 Å². The predicted octanol–water partition coefficient (Wildman–Crippen LogP) is 3.49. The van der Waals surface area contributed by atoms with Gasteiger partial charge in [0.25, 0.3) is 0 Å². The molecule has 1 aliphatic rings. The zero-order chi connectivity index (χ0) is 16.8. The molecule has 0 saturated heterocycles.